The Hall–Kier alpha value is -1.07. The number of halogens is 1. The molecule has 1 aromatic rings. The van der Waals surface area contributed by atoms with E-state index >= 15 is 0 Å². The maximum Gasteiger partial charge on any atom is 0.258 e. The van der Waals surface area contributed by atoms with Crippen molar-refractivity contribution in [3.63, 3.8) is 0 Å². The van der Waals surface area contributed by atoms with Gasteiger partial charge in [0.1, 0.15) is 5.75 Å². The smallest absolute Gasteiger partial charge is 0.258 e. The Labute approximate surface area is 122 Å². The van der Waals surface area contributed by atoms with E-state index in [4.69, 9.17) is 4.74 Å². The maximum absolute atomic E-state index is 11.8. The predicted octanol–water partition coefficient (Wildman–Crippen LogP) is 2.08. The molecule has 1 aromatic carbocycles. The zero-order valence-corrected chi connectivity index (χ0v) is 12.6. The van der Waals surface area contributed by atoms with Crippen molar-refractivity contribution in [2.75, 3.05) is 13.2 Å². The van der Waals surface area contributed by atoms with E-state index in [1.165, 1.54) is 0 Å². The van der Waals surface area contributed by atoms with E-state index in [2.05, 4.69) is 33.5 Å². The van der Waals surface area contributed by atoms with Crippen molar-refractivity contribution < 1.29 is 9.53 Å². The number of benzene rings is 1. The Morgan fingerprint density at radius 1 is 1.58 bits per heavy atom. The molecule has 0 aromatic heterocycles. The largest absolute Gasteiger partial charge is 0.484 e. The number of rotatable bonds is 4. The molecular formula is C14H19BrN2O2. The normalized spacial score (nSPS) is 22.8. The monoisotopic (exact) mass is 326 g/mol. The number of nitrogens with one attached hydrogen (secondary N) is 2. The Bertz CT molecular complexity index is 439. The first kappa shape index (κ1) is 14.3. The lowest BCUT2D eigenvalue weighted by molar-refractivity contribution is -0.124. The Balaban J connectivity index is 1.78. The highest BCUT2D eigenvalue weighted by atomic mass is 79.9. The standard InChI is InChI=1S/C14H19BrN2O2/c1-10-13(6-3-7-16-10)17-14(18)9-19-12-5-2-4-11(15)8-12/h2,4-5,8,10,13,16H,3,6-7,9H2,1H3,(H,17,18). The fourth-order valence-corrected chi connectivity index (χ4v) is 2.57. The van der Waals surface area contributed by atoms with Gasteiger partial charge in [-0.25, -0.2) is 0 Å². The quantitative estimate of drug-likeness (QED) is 0.890. The molecule has 5 heteroatoms. The van der Waals surface area contributed by atoms with Gasteiger partial charge in [0, 0.05) is 16.6 Å². The third-order valence-corrected chi connectivity index (χ3v) is 3.77. The van der Waals surface area contributed by atoms with Crippen LogP contribution in [0.2, 0.25) is 0 Å². The summed E-state index contributed by atoms with van der Waals surface area (Å²) >= 11 is 3.37. The highest BCUT2D eigenvalue weighted by molar-refractivity contribution is 9.10. The summed E-state index contributed by atoms with van der Waals surface area (Å²) in [6.45, 7) is 3.18. The summed E-state index contributed by atoms with van der Waals surface area (Å²) in [6.07, 6.45) is 2.12. The number of hydrogen-bond donors (Lipinski definition) is 2. The topological polar surface area (TPSA) is 50.4 Å². The van der Waals surface area contributed by atoms with Crippen molar-refractivity contribution >= 4 is 21.8 Å². The van der Waals surface area contributed by atoms with Gasteiger partial charge in [-0.1, -0.05) is 22.0 Å². The van der Waals surface area contributed by atoms with E-state index < -0.39 is 0 Å². The second-order valence-corrected chi connectivity index (χ2v) is 5.72. The first-order valence-corrected chi connectivity index (χ1v) is 7.35. The van der Waals surface area contributed by atoms with Gasteiger partial charge < -0.3 is 15.4 Å². The van der Waals surface area contributed by atoms with Gasteiger partial charge in [-0.15, -0.1) is 0 Å². The predicted molar refractivity (Wildman–Crippen MR) is 78.3 cm³/mol. The lowest BCUT2D eigenvalue weighted by atomic mass is 10.00. The van der Waals surface area contributed by atoms with E-state index in [1.807, 2.05) is 24.3 Å². The van der Waals surface area contributed by atoms with Crippen molar-refractivity contribution in [1.82, 2.24) is 10.6 Å². The van der Waals surface area contributed by atoms with Gasteiger partial charge in [0.15, 0.2) is 6.61 Å². The van der Waals surface area contributed by atoms with E-state index in [0.29, 0.717) is 11.8 Å². The third kappa shape index (κ3) is 4.51. The molecule has 2 rings (SSSR count). The number of ether oxygens (including phenoxy) is 1. The first-order chi connectivity index (χ1) is 9.15. The Morgan fingerprint density at radius 3 is 3.16 bits per heavy atom. The highest BCUT2D eigenvalue weighted by Crippen LogP contribution is 2.17. The Morgan fingerprint density at radius 2 is 2.42 bits per heavy atom. The maximum atomic E-state index is 11.8. The van der Waals surface area contributed by atoms with Gasteiger partial charge in [0.05, 0.1) is 0 Å². The van der Waals surface area contributed by atoms with Crippen LogP contribution in [0.25, 0.3) is 0 Å². The van der Waals surface area contributed by atoms with Crippen molar-refractivity contribution in [3.05, 3.63) is 28.7 Å². The number of amides is 1. The summed E-state index contributed by atoms with van der Waals surface area (Å²) in [5.74, 6) is 0.625. The molecule has 19 heavy (non-hydrogen) atoms. The molecule has 2 unspecified atom stereocenters. The minimum atomic E-state index is -0.0690. The third-order valence-electron chi connectivity index (χ3n) is 3.27. The fraction of sp³-hybridized carbons (Fsp3) is 0.500. The van der Waals surface area contributed by atoms with Crippen LogP contribution in [0, 0.1) is 0 Å². The molecule has 0 bridgehead atoms. The fourth-order valence-electron chi connectivity index (χ4n) is 2.20. The lowest BCUT2D eigenvalue weighted by Crippen LogP contribution is -2.52. The van der Waals surface area contributed by atoms with E-state index in [9.17, 15) is 4.79 Å². The van der Waals surface area contributed by atoms with Crippen molar-refractivity contribution in [2.45, 2.75) is 31.8 Å². The molecule has 1 saturated heterocycles. The van der Waals surface area contributed by atoms with E-state index in [0.717, 1.165) is 23.9 Å². The second-order valence-electron chi connectivity index (χ2n) is 4.81. The second kappa shape index (κ2) is 6.91. The molecule has 1 amide bonds. The van der Waals surface area contributed by atoms with Gasteiger partial charge in [-0.3, -0.25) is 4.79 Å². The molecule has 1 aliphatic heterocycles. The van der Waals surface area contributed by atoms with Gasteiger partial charge in [-0.05, 0) is 44.5 Å². The number of hydrogen-bond acceptors (Lipinski definition) is 3. The molecule has 2 atom stereocenters. The number of carbonyl (C=O) groups excluding carboxylic acids is 1. The van der Waals surface area contributed by atoms with Crippen molar-refractivity contribution in [3.8, 4) is 5.75 Å². The van der Waals surface area contributed by atoms with Crippen LogP contribution in [0.5, 0.6) is 5.75 Å². The summed E-state index contributed by atoms with van der Waals surface area (Å²) in [6, 6.07) is 8.00. The summed E-state index contributed by atoms with van der Waals surface area (Å²) in [5, 5.41) is 6.37. The molecule has 0 aliphatic carbocycles. The minimum absolute atomic E-state index is 0.0552. The van der Waals surface area contributed by atoms with Crippen molar-refractivity contribution in [1.29, 1.82) is 0 Å². The molecule has 0 saturated carbocycles. The van der Waals surface area contributed by atoms with Crippen LogP contribution in [0.15, 0.2) is 28.7 Å². The minimum Gasteiger partial charge on any atom is -0.484 e. The molecule has 104 valence electrons. The van der Waals surface area contributed by atoms with Crippen LogP contribution in [0.3, 0.4) is 0 Å². The average molecular weight is 327 g/mol. The average Bonchev–Trinajstić information content (AvgIpc) is 2.39. The molecule has 1 aliphatic rings. The Kier molecular flexibility index (Phi) is 5.22. The van der Waals surface area contributed by atoms with Crippen molar-refractivity contribution in [2.24, 2.45) is 0 Å². The van der Waals surface area contributed by atoms with Gasteiger partial charge >= 0.3 is 0 Å². The van der Waals surface area contributed by atoms with Gasteiger partial charge in [0.2, 0.25) is 0 Å². The van der Waals surface area contributed by atoms with Crippen LogP contribution in [-0.4, -0.2) is 31.1 Å². The molecule has 1 heterocycles. The zero-order chi connectivity index (χ0) is 13.7. The summed E-state index contributed by atoms with van der Waals surface area (Å²) in [5.41, 5.74) is 0. The number of piperidine rings is 1. The van der Waals surface area contributed by atoms with Crippen LogP contribution in [-0.2, 0) is 4.79 Å². The van der Waals surface area contributed by atoms with Crippen LogP contribution >= 0.6 is 15.9 Å². The number of carbonyl (C=O) groups is 1. The first-order valence-electron chi connectivity index (χ1n) is 6.56. The molecule has 4 nitrogen and oxygen atoms in total. The molecular weight excluding hydrogens is 308 g/mol. The van der Waals surface area contributed by atoms with E-state index in [1.54, 1.807) is 0 Å². The van der Waals surface area contributed by atoms with Crippen LogP contribution in [0.1, 0.15) is 19.8 Å². The summed E-state index contributed by atoms with van der Waals surface area (Å²) < 4.78 is 6.40. The lowest BCUT2D eigenvalue weighted by Gasteiger charge is -2.30. The van der Waals surface area contributed by atoms with Crippen LogP contribution < -0.4 is 15.4 Å². The molecule has 1 fully saturated rings. The van der Waals surface area contributed by atoms with Gasteiger partial charge in [-0.2, -0.15) is 0 Å². The van der Waals surface area contributed by atoms with E-state index in [-0.39, 0.29) is 18.6 Å². The highest BCUT2D eigenvalue weighted by Gasteiger charge is 2.22. The summed E-state index contributed by atoms with van der Waals surface area (Å²) in [4.78, 5) is 11.8. The zero-order valence-electron chi connectivity index (χ0n) is 11.0. The van der Waals surface area contributed by atoms with Crippen LogP contribution in [0.4, 0.5) is 0 Å². The summed E-state index contributed by atoms with van der Waals surface area (Å²) in [7, 11) is 0. The molecule has 2 N–H and O–H groups in total. The van der Waals surface area contributed by atoms with Gasteiger partial charge in [0.25, 0.3) is 5.91 Å². The SMILES string of the molecule is CC1NCCCC1NC(=O)COc1cccc(Br)c1. The molecule has 0 spiro atoms. The molecule has 0 radical (unpaired) electrons.